The molecule has 1 aliphatic rings. The van der Waals surface area contributed by atoms with Gasteiger partial charge >= 0.3 is 0 Å². The minimum atomic E-state index is -0.900. The lowest BCUT2D eigenvalue weighted by molar-refractivity contribution is 0.0644. The summed E-state index contributed by atoms with van der Waals surface area (Å²) in [6.45, 7) is 3.77. The van der Waals surface area contributed by atoms with Crippen molar-refractivity contribution in [3.8, 4) is 6.07 Å². The summed E-state index contributed by atoms with van der Waals surface area (Å²) >= 11 is 0. The van der Waals surface area contributed by atoms with Gasteiger partial charge in [-0.3, -0.25) is 0 Å². The quantitative estimate of drug-likeness (QED) is 0.869. The lowest BCUT2D eigenvalue weighted by Crippen LogP contribution is -2.24. The van der Waals surface area contributed by atoms with Crippen LogP contribution in [0.15, 0.2) is 18.2 Å². The zero-order valence-electron chi connectivity index (χ0n) is 10.8. The van der Waals surface area contributed by atoms with E-state index >= 15 is 0 Å². The number of halogens is 1. The first-order valence-corrected chi connectivity index (χ1v) is 6.34. The highest BCUT2D eigenvalue weighted by molar-refractivity contribution is 5.28. The fourth-order valence-corrected chi connectivity index (χ4v) is 2.84. The SMILES string of the molecule is Cc1ccc(C(O)C2(C#N)CCC(C)C2)cc1F. The van der Waals surface area contributed by atoms with E-state index in [-0.39, 0.29) is 5.82 Å². The van der Waals surface area contributed by atoms with Gasteiger partial charge in [0.05, 0.1) is 17.6 Å². The lowest BCUT2D eigenvalue weighted by Gasteiger charge is -2.27. The molecule has 0 aromatic heterocycles. The molecule has 2 rings (SSSR count). The Morgan fingerprint density at radius 2 is 2.28 bits per heavy atom. The molecule has 0 saturated heterocycles. The molecule has 3 unspecified atom stereocenters. The van der Waals surface area contributed by atoms with Crippen LogP contribution >= 0.6 is 0 Å². The van der Waals surface area contributed by atoms with Crippen molar-refractivity contribution < 1.29 is 9.50 Å². The van der Waals surface area contributed by atoms with Crippen LogP contribution in [-0.4, -0.2) is 5.11 Å². The molecule has 1 aromatic carbocycles. The van der Waals surface area contributed by atoms with Crippen LogP contribution in [0.5, 0.6) is 0 Å². The first kappa shape index (κ1) is 13.0. The van der Waals surface area contributed by atoms with Crippen LogP contribution in [0, 0.1) is 35.4 Å². The largest absolute Gasteiger partial charge is 0.387 e. The number of aliphatic hydroxyl groups excluding tert-OH is 1. The summed E-state index contributed by atoms with van der Waals surface area (Å²) in [5, 5.41) is 19.8. The molecule has 0 spiro atoms. The Kier molecular flexibility index (Phi) is 3.41. The number of benzene rings is 1. The van der Waals surface area contributed by atoms with Crippen molar-refractivity contribution in [3.63, 3.8) is 0 Å². The Morgan fingerprint density at radius 1 is 1.56 bits per heavy atom. The average molecular weight is 247 g/mol. The van der Waals surface area contributed by atoms with Crippen LogP contribution in [0.2, 0.25) is 0 Å². The van der Waals surface area contributed by atoms with Gasteiger partial charge in [0.1, 0.15) is 5.82 Å². The molecule has 96 valence electrons. The maximum absolute atomic E-state index is 13.5. The highest BCUT2D eigenvalue weighted by Crippen LogP contribution is 2.49. The van der Waals surface area contributed by atoms with Crippen molar-refractivity contribution in [3.05, 3.63) is 35.1 Å². The van der Waals surface area contributed by atoms with Gasteiger partial charge < -0.3 is 5.11 Å². The van der Waals surface area contributed by atoms with Crippen molar-refractivity contribution in [1.82, 2.24) is 0 Å². The van der Waals surface area contributed by atoms with Crippen LogP contribution < -0.4 is 0 Å². The maximum atomic E-state index is 13.5. The van der Waals surface area contributed by atoms with Gasteiger partial charge in [0.15, 0.2) is 0 Å². The van der Waals surface area contributed by atoms with Crippen LogP contribution in [0.3, 0.4) is 0 Å². The molecular weight excluding hydrogens is 229 g/mol. The average Bonchev–Trinajstić information content (AvgIpc) is 2.75. The lowest BCUT2D eigenvalue weighted by atomic mass is 9.78. The molecule has 2 nitrogen and oxygen atoms in total. The number of nitriles is 1. The Labute approximate surface area is 107 Å². The Morgan fingerprint density at radius 3 is 2.78 bits per heavy atom. The van der Waals surface area contributed by atoms with Gasteiger partial charge in [-0.05, 0) is 49.3 Å². The number of hydrogen-bond donors (Lipinski definition) is 1. The zero-order valence-corrected chi connectivity index (χ0v) is 10.8. The summed E-state index contributed by atoms with van der Waals surface area (Å²) < 4.78 is 13.5. The molecule has 0 aliphatic heterocycles. The van der Waals surface area contributed by atoms with E-state index in [9.17, 15) is 14.8 Å². The number of nitrogens with zero attached hydrogens (tertiary/aromatic N) is 1. The minimum Gasteiger partial charge on any atom is -0.387 e. The van der Waals surface area contributed by atoms with Crippen LogP contribution in [0.25, 0.3) is 0 Å². The molecule has 0 amide bonds. The molecule has 1 N–H and O–H groups in total. The van der Waals surface area contributed by atoms with Crippen molar-refractivity contribution >= 4 is 0 Å². The summed E-state index contributed by atoms with van der Waals surface area (Å²) in [6, 6.07) is 6.98. The zero-order chi connectivity index (χ0) is 13.3. The second-order valence-corrected chi connectivity index (χ2v) is 5.53. The van der Waals surface area contributed by atoms with E-state index in [0.717, 1.165) is 6.42 Å². The topological polar surface area (TPSA) is 44.0 Å². The van der Waals surface area contributed by atoms with E-state index in [0.29, 0.717) is 29.9 Å². The van der Waals surface area contributed by atoms with Gasteiger partial charge in [0.25, 0.3) is 0 Å². The molecule has 0 bridgehead atoms. The Hall–Kier alpha value is -1.40. The molecule has 0 radical (unpaired) electrons. The maximum Gasteiger partial charge on any atom is 0.126 e. The summed E-state index contributed by atoms with van der Waals surface area (Å²) in [7, 11) is 0. The second kappa shape index (κ2) is 4.70. The number of aliphatic hydroxyl groups is 1. The van der Waals surface area contributed by atoms with E-state index in [1.807, 2.05) is 0 Å². The number of aryl methyl sites for hydroxylation is 1. The van der Waals surface area contributed by atoms with Gasteiger partial charge in [0.2, 0.25) is 0 Å². The van der Waals surface area contributed by atoms with Gasteiger partial charge in [-0.2, -0.15) is 5.26 Å². The monoisotopic (exact) mass is 247 g/mol. The Bertz CT molecular complexity index is 494. The van der Waals surface area contributed by atoms with E-state index in [4.69, 9.17) is 0 Å². The van der Waals surface area contributed by atoms with Crippen LogP contribution in [-0.2, 0) is 0 Å². The summed E-state index contributed by atoms with van der Waals surface area (Å²) in [5.41, 5.74) is 0.312. The predicted octanol–water partition coefficient (Wildman–Crippen LogP) is 3.50. The second-order valence-electron chi connectivity index (χ2n) is 5.53. The molecule has 18 heavy (non-hydrogen) atoms. The van der Waals surface area contributed by atoms with Crippen LogP contribution in [0.4, 0.5) is 4.39 Å². The molecule has 1 aliphatic carbocycles. The molecular formula is C15H18FNO. The first-order chi connectivity index (χ1) is 8.48. The van der Waals surface area contributed by atoms with E-state index in [1.165, 1.54) is 6.07 Å². The van der Waals surface area contributed by atoms with Crippen LogP contribution in [0.1, 0.15) is 43.4 Å². The number of hydrogen-bond acceptors (Lipinski definition) is 2. The third-order valence-corrected chi connectivity index (χ3v) is 4.05. The third kappa shape index (κ3) is 2.13. The summed E-state index contributed by atoms with van der Waals surface area (Å²) in [6.07, 6.45) is 1.41. The van der Waals surface area contributed by atoms with Crippen molar-refractivity contribution in [2.24, 2.45) is 11.3 Å². The smallest absolute Gasteiger partial charge is 0.126 e. The fraction of sp³-hybridized carbons (Fsp3) is 0.533. The van der Waals surface area contributed by atoms with Gasteiger partial charge in [-0.15, -0.1) is 0 Å². The van der Waals surface area contributed by atoms with Crippen molar-refractivity contribution in [1.29, 1.82) is 5.26 Å². The van der Waals surface area contributed by atoms with Gasteiger partial charge in [-0.25, -0.2) is 4.39 Å². The molecule has 3 atom stereocenters. The molecule has 3 heteroatoms. The summed E-state index contributed by atoms with van der Waals surface area (Å²) in [5.74, 6) is 0.111. The standard InChI is InChI=1S/C15H18FNO/c1-10-5-6-15(8-10,9-17)14(18)12-4-3-11(2)13(16)7-12/h3-4,7,10,14,18H,5-6,8H2,1-2H3. The highest BCUT2D eigenvalue weighted by Gasteiger charge is 2.44. The molecule has 1 aromatic rings. The van der Waals surface area contributed by atoms with Crippen molar-refractivity contribution in [2.45, 2.75) is 39.2 Å². The minimum absolute atomic E-state index is 0.328. The fourth-order valence-electron chi connectivity index (χ4n) is 2.84. The van der Waals surface area contributed by atoms with Crippen molar-refractivity contribution in [2.75, 3.05) is 0 Å². The molecule has 0 heterocycles. The first-order valence-electron chi connectivity index (χ1n) is 6.34. The van der Waals surface area contributed by atoms with E-state index in [2.05, 4.69) is 13.0 Å². The molecule has 1 saturated carbocycles. The van der Waals surface area contributed by atoms with E-state index < -0.39 is 11.5 Å². The Balaban J connectivity index is 2.32. The summed E-state index contributed by atoms with van der Waals surface area (Å²) in [4.78, 5) is 0. The molecule has 1 fully saturated rings. The third-order valence-electron chi connectivity index (χ3n) is 4.05. The number of rotatable bonds is 2. The van der Waals surface area contributed by atoms with Gasteiger partial charge in [0, 0.05) is 0 Å². The highest BCUT2D eigenvalue weighted by atomic mass is 19.1. The normalized spacial score (nSPS) is 28.9. The van der Waals surface area contributed by atoms with E-state index in [1.54, 1.807) is 19.1 Å². The predicted molar refractivity (Wildman–Crippen MR) is 67.2 cm³/mol. The van der Waals surface area contributed by atoms with Gasteiger partial charge in [-0.1, -0.05) is 19.1 Å².